The Balaban J connectivity index is 2.65. The third-order valence-corrected chi connectivity index (χ3v) is 3.61. The molecule has 0 bridgehead atoms. The van der Waals surface area contributed by atoms with Crippen LogP contribution in [0, 0.1) is 17.1 Å². The first kappa shape index (κ1) is 11.7. The highest BCUT2D eigenvalue weighted by atomic mass is 79.9. The molecule has 3 nitrogen and oxygen atoms in total. The standard InChI is InChI=1S/C10H8BrFN2OS/c11-7-2-1-6-9(8(7)12)15-4-3-10(6,5-13)14-16/h1-2,14,16H,3-4H2. The summed E-state index contributed by atoms with van der Waals surface area (Å²) in [4.78, 5) is 0. The molecule has 1 aliphatic rings. The zero-order valence-electron chi connectivity index (χ0n) is 8.13. The van der Waals surface area contributed by atoms with E-state index in [1.165, 1.54) is 0 Å². The zero-order chi connectivity index (χ0) is 11.8. The van der Waals surface area contributed by atoms with Gasteiger partial charge in [0, 0.05) is 12.0 Å². The van der Waals surface area contributed by atoms with Crippen LogP contribution in [0.15, 0.2) is 16.6 Å². The van der Waals surface area contributed by atoms with Crippen LogP contribution in [0.3, 0.4) is 0 Å². The smallest absolute Gasteiger partial charge is 0.179 e. The van der Waals surface area contributed by atoms with E-state index in [1.807, 2.05) is 0 Å². The molecule has 0 spiro atoms. The van der Waals surface area contributed by atoms with Gasteiger partial charge in [-0.15, -0.1) is 0 Å². The van der Waals surface area contributed by atoms with E-state index in [4.69, 9.17) is 4.74 Å². The van der Waals surface area contributed by atoms with Crippen LogP contribution in [0.25, 0.3) is 0 Å². The maximum absolute atomic E-state index is 13.8. The van der Waals surface area contributed by atoms with Gasteiger partial charge in [0.15, 0.2) is 11.6 Å². The van der Waals surface area contributed by atoms with Gasteiger partial charge in [0.05, 0.1) is 17.1 Å². The molecule has 1 N–H and O–H groups in total. The Bertz CT molecular complexity index is 477. The van der Waals surface area contributed by atoms with Crippen molar-refractivity contribution in [2.45, 2.75) is 12.0 Å². The minimum atomic E-state index is -0.988. The molecule has 0 fully saturated rings. The molecule has 0 aromatic heterocycles. The Hall–Kier alpha value is -0.770. The van der Waals surface area contributed by atoms with E-state index in [-0.39, 0.29) is 12.4 Å². The lowest BCUT2D eigenvalue weighted by atomic mass is 9.87. The second kappa shape index (κ2) is 4.24. The number of nitrogens with one attached hydrogen (secondary N) is 1. The van der Waals surface area contributed by atoms with Gasteiger partial charge in [-0.3, -0.25) is 0 Å². The Labute approximate surface area is 106 Å². The van der Waals surface area contributed by atoms with E-state index in [9.17, 15) is 9.65 Å². The normalized spacial score (nSPS) is 23.1. The molecular weight excluding hydrogens is 295 g/mol. The van der Waals surface area contributed by atoms with Crippen LogP contribution in [-0.2, 0) is 5.54 Å². The highest BCUT2D eigenvalue weighted by molar-refractivity contribution is 9.10. The van der Waals surface area contributed by atoms with Crippen molar-refractivity contribution in [1.82, 2.24) is 4.72 Å². The minimum Gasteiger partial charge on any atom is -0.490 e. The fourth-order valence-corrected chi connectivity index (χ4v) is 2.30. The van der Waals surface area contributed by atoms with E-state index in [0.29, 0.717) is 16.5 Å². The monoisotopic (exact) mass is 302 g/mol. The minimum absolute atomic E-state index is 0.115. The average Bonchev–Trinajstić information content (AvgIpc) is 2.33. The van der Waals surface area contributed by atoms with E-state index in [2.05, 4.69) is 39.5 Å². The average molecular weight is 303 g/mol. The molecule has 0 amide bonds. The Kier molecular flexibility index (Phi) is 3.10. The topological polar surface area (TPSA) is 45.0 Å². The van der Waals surface area contributed by atoms with Crippen LogP contribution in [0.4, 0.5) is 4.39 Å². The van der Waals surface area contributed by atoms with Gasteiger partial charge in [-0.1, -0.05) is 18.9 Å². The molecule has 2 rings (SSSR count). The molecule has 1 aliphatic heterocycles. The van der Waals surface area contributed by atoms with Gasteiger partial charge < -0.3 is 4.74 Å². The lowest BCUT2D eigenvalue weighted by Gasteiger charge is -2.32. The van der Waals surface area contributed by atoms with Crippen LogP contribution in [0.1, 0.15) is 12.0 Å². The van der Waals surface area contributed by atoms with Crippen molar-refractivity contribution >= 4 is 28.7 Å². The number of benzene rings is 1. The van der Waals surface area contributed by atoms with Crippen molar-refractivity contribution in [2.24, 2.45) is 0 Å². The zero-order valence-corrected chi connectivity index (χ0v) is 10.6. The van der Waals surface area contributed by atoms with Crippen molar-refractivity contribution in [3.05, 3.63) is 28.0 Å². The summed E-state index contributed by atoms with van der Waals surface area (Å²) in [5, 5.41) is 9.20. The molecular formula is C10H8BrFN2OS. The van der Waals surface area contributed by atoms with Crippen molar-refractivity contribution in [3.63, 3.8) is 0 Å². The Morgan fingerprint density at radius 2 is 2.38 bits per heavy atom. The lowest BCUT2D eigenvalue weighted by molar-refractivity contribution is 0.226. The van der Waals surface area contributed by atoms with Gasteiger partial charge in [0.2, 0.25) is 0 Å². The maximum Gasteiger partial charge on any atom is 0.179 e. The van der Waals surface area contributed by atoms with Crippen molar-refractivity contribution in [2.75, 3.05) is 6.61 Å². The largest absolute Gasteiger partial charge is 0.490 e. The van der Waals surface area contributed by atoms with Gasteiger partial charge in [-0.25, -0.2) is 9.11 Å². The summed E-state index contributed by atoms with van der Waals surface area (Å²) in [5.74, 6) is -0.371. The first-order chi connectivity index (χ1) is 7.64. The van der Waals surface area contributed by atoms with E-state index >= 15 is 0 Å². The molecule has 84 valence electrons. The number of ether oxygens (including phenoxy) is 1. The number of halogens is 2. The molecule has 1 unspecified atom stereocenters. The van der Waals surface area contributed by atoms with Gasteiger partial charge in [-0.05, 0) is 22.0 Å². The second-order valence-corrected chi connectivity index (χ2v) is 4.54. The molecule has 0 saturated carbocycles. The molecule has 0 radical (unpaired) electrons. The molecule has 1 aromatic carbocycles. The van der Waals surface area contributed by atoms with Crippen LogP contribution >= 0.6 is 28.7 Å². The molecule has 0 aliphatic carbocycles. The SMILES string of the molecule is N#CC1(NS)CCOc2c1ccc(Br)c2F. The van der Waals surface area contributed by atoms with Gasteiger partial charge in [0.1, 0.15) is 5.54 Å². The van der Waals surface area contributed by atoms with E-state index in [0.717, 1.165) is 0 Å². The van der Waals surface area contributed by atoms with Crippen LogP contribution in [0.5, 0.6) is 5.75 Å². The van der Waals surface area contributed by atoms with Gasteiger partial charge in [0.25, 0.3) is 0 Å². The number of thiol groups is 1. The van der Waals surface area contributed by atoms with Crippen molar-refractivity contribution in [1.29, 1.82) is 5.26 Å². The molecule has 6 heteroatoms. The Morgan fingerprint density at radius 1 is 1.62 bits per heavy atom. The highest BCUT2D eigenvalue weighted by Crippen LogP contribution is 2.40. The summed E-state index contributed by atoms with van der Waals surface area (Å²) in [6, 6.07) is 5.34. The number of nitrogens with zero attached hydrogens (tertiary/aromatic N) is 1. The lowest BCUT2D eigenvalue weighted by Crippen LogP contribution is -2.40. The number of rotatable bonds is 1. The van der Waals surface area contributed by atoms with Crippen molar-refractivity contribution < 1.29 is 9.13 Å². The first-order valence-corrected chi connectivity index (χ1v) is 5.82. The molecule has 1 aromatic rings. The third-order valence-electron chi connectivity index (χ3n) is 2.61. The number of nitriles is 1. The molecule has 1 heterocycles. The number of hydrogen-bond acceptors (Lipinski definition) is 4. The highest BCUT2D eigenvalue weighted by Gasteiger charge is 2.39. The van der Waals surface area contributed by atoms with Crippen LogP contribution in [0.2, 0.25) is 0 Å². The fraction of sp³-hybridized carbons (Fsp3) is 0.300. The summed E-state index contributed by atoms with van der Waals surface area (Å²) in [7, 11) is 0. The van der Waals surface area contributed by atoms with E-state index < -0.39 is 11.4 Å². The summed E-state index contributed by atoms with van der Waals surface area (Å²) < 4.78 is 22.0. The summed E-state index contributed by atoms with van der Waals surface area (Å²) >= 11 is 7.03. The second-order valence-electron chi connectivity index (χ2n) is 3.47. The summed E-state index contributed by atoms with van der Waals surface area (Å²) in [6.07, 6.45) is 0.432. The van der Waals surface area contributed by atoms with Crippen LogP contribution in [-0.4, -0.2) is 6.61 Å². The molecule has 0 saturated heterocycles. The predicted octanol–water partition coefficient (Wildman–Crippen LogP) is 2.52. The number of hydrogen-bond donors (Lipinski definition) is 2. The molecule has 16 heavy (non-hydrogen) atoms. The summed E-state index contributed by atoms with van der Waals surface area (Å²) in [5.41, 5.74) is -0.505. The van der Waals surface area contributed by atoms with Gasteiger partial charge >= 0.3 is 0 Å². The maximum atomic E-state index is 13.8. The van der Waals surface area contributed by atoms with E-state index in [1.54, 1.807) is 12.1 Å². The molecule has 1 atom stereocenters. The van der Waals surface area contributed by atoms with Gasteiger partial charge in [-0.2, -0.15) is 5.26 Å². The van der Waals surface area contributed by atoms with Crippen LogP contribution < -0.4 is 9.46 Å². The fourth-order valence-electron chi connectivity index (χ4n) is 1.71. The number of fused-ring (bicyclic) bond motifs is 1. The Morgan fingerprint density at radius 3 is 3.00 bits per heavy atom. The summed E-state index contributed by atoms with van der Waals surface area (Å²) in [6.45, 7) is 0.279. The predicted molar refractivity (Wildman–Crippen MR) is 63.6 cm³/mol. The van der Waals surface area contributed by atoms with Crippen molar-refractivity contribution in [3.8, 4) is 11.8 Å². The first-order valence-electron chi connectivity index (χ1n) is 4.58. The quantitative estimate of drug-likeness (QED) is 0.784. The third kappa shape index (κ3) is 1.59.